The van der Waals surface area contributed by atoms with Crippen LogP contribution in [0.25, 0.3) is 0 Å². The second-order valence-electron chi connectivity index (χ2n) is 10.1. The fourth-order valence-corrected chi connectivity index (χ4v) is 5.35. The Bertz CT molecular complexity index is 1080. The van der Waals surface area contributed by atoms with E-state index in [1.807, 2.05) is 23.1 Å². The molecule has 3 amide bonds. The fourth-order valence-electron chi connectivity index (χ4n) is 5.35. The molecule has 2 N–H and O–H groups in total. The first-order chi connectivity index (χ1) is 18.5. The number of amides is 3. The lowest BCUT2D eigenvalue weighted by molar-refractivity contribution is -0.117. The smallest absolute Gasteiger partial charge is 0.321 e. The number of carbonyl (C=O) groups is 2. The molecule has 0 atom stereocenters. The monoisotopic (exact) mass is 522 g/mol. The van der Waals surface area contributed by atoms with Crippen molar-refractivity contribution < 1.29 is 19.1 Å². The minimum Gasteiger partial charge on any atom is -0.493 e. The number of nitrogens with zero attached hydrogens (tertiary/aromatic N) is 2. The Balaban J connectivity index is 1.31. The maximum absolute atomic E-state index is 13.1. The zero-order chi connectivity index (χ0) is 26.9. The topological polar surface area (TPSA) is 83.1 Å². The van der Waals surface area contributed by atoms with Crippen molar-refractivity contribution in [1.29, 1.82) is 0 Å². The highest BCUT2D eigenvalue weighted by Gasteiger charge is 2.23. The number of anilines is 2. The lowest BCUT2D eigenvalue weighted by atomic mass is 10.0. The summed E-state index contributed by atoms with van der Waals surface area (Å²) in [7, 11) is 1.63. The van der Waals surface area contributed by atoms with Crippen LogP contribution in [0, 0.1) is 0 Å². The van der Waals surface area contributed by atoms with Gasteiger partial charge in [0.2, 0.25) is 5.91 Å². The van der Waals surface area contributed by atoms with Crippen LogP contribution in [0.4, 0.5) is 16.2 Å². The van der Waals surface area contributed by atoms with Gasteiger partial charge in [0.25, 0.3) is 0 Å². The molecule has 4 rings (SSSR count). The van der Waals surface area contributed by atoms with Crippen LogP contribution in [0.15, 0.2) is 36.4 Å². The van der Waals surface area contributed by atoms with E-state index in [0.29, 0.717) is 43.4 Å². The minimum absolute atomic E-state index is 0.00785. The van der Waals surface area contributed by atoms with Crippen molar-refractivity contribution in [3.63, 3.8) is 0 Å². The number of ether oxygens (including phenoxy) is 2. The SMILES string of the molecule is CCc1cccc(CC)c1NC(=O)CN1CCCN(C(=O)Nc2ccc(OC)c(OC3CCCC3)c2)CC1. The Labute approximate surface area is 226 Å². The van der Waals surface area contributed by atoms with Crippen LogP contribution in [-0.2, 0) is 17.6 Å². The highest BCUT2D eigenvalue weighted by Crippen LogP contribution is 2.34. The molecule has 0 radical (unpaired) electrons. The highest BCUT2D eigenvalue weighted by molar-refractivity contribution is 5.94. The summed E-state index contributed by atoms with van der Waals surface area (Å²) >= 11 is 0. The molecular weight excluding hydrogens is 480 g/mol. The van der Waals surface area contributed by atoms with Gasteiger partial charge in [0.05, 0.1) is 19.8 Å². The molecule has 1 aliphatic carbocycles. The molecule has 8 nitrogen and oxygen atoms in total. The molecule has 2 aliphatic rings. The number of aryl methyl sites for hydroxylation is 2. The molecule has 0 spiro atoms. The molecule has 0 bridgehead atoms. The van der Waals surface area contributed by atoms with Gasteiger partial charge in [-0.1, -0.05) is 32.0 Å². The summed E-state index contributed by atoms with van der Waals surface area (Å²) in [4.78, 5) is 30.0. The second kappa shape index (κ2) is 13.5. The van der Waals surface area contributed by atoms with Crippen molar-refractivity contribution in [1.82, 2.24) is 9.80 Å². The minimum atomic E-state index is -0.141. The van der Waals surface area contributed by atoms with E-state index in [2.05, 4.69) is 47.6 Å². The van der Waals surface area contributed by atoms with Gasteiger partial charge in [0, 0.05) is 43.6 Å². The molecule has 2 aromatic carbocycles. The predicted molar refractivity (Wildman–Crippen MR) is 151 cm³/mol. The number of hydrogen-bond donors (Lipinski definition) is 2. The van der Waals surface area contributed by atoms with Gasteiger partial charge >= 0.3 is 6.03 Å². The Morgan fingerprint density at radius 1 is 0.895 bits per heavy atom. The average molecular weight is 523 g/mol. The van der Waals surface area contributed by atoms with Crippen LogP contribution < -0.4 is 20.1 Å². The van der Waals surface area contributed by atoms with Crippen molar-refractivity contribution in [3.8, 4) is 11.5 Å². The lowest BCUT2D eigenvalue weighted by Gasteiger charge is -2.23. The Hall–Kier alpha value is -3.26. The molecular formula is C30H42N4O4. The molecule has 206 valence electrons. The van der Waals surface area contributed by atoms with Gasteiger partial charge in [-0.3, -0.25) is 9.69 Å². The normalized spacial score (nSPS) is 16.7. The number of hydrogen-bond acceptors (Lipinski definition) is 5. The molecule has 0 aromatic heterocycles. The van der Waals surface area contributed by atoms with E-state index in [0.717, 1.165) is 55.5 Å². The summed E-state index contributed by atoms with van der Waals surface area (Å²) in [5.74, 6) is 1.33. The number of para-hydroxylation sites is 1. The first kappa shape index (κ1) is 27.8. The third-order valence-electron chi connectivity index (χ3n) is 7.52. The van der Waals surface area contributed by atoms with Gasteiger partial charge in [-0.15, -0.1) is 0 Å². The summed E-state index contributed by atoms with van der Waals surface area (Å²) in [6.45, 7) is 7.15. The second-order valence-corrected chi connectivity index (χ2v) is 10.1. The largest absolute Gasteiger partial charge is 0.493 e. The Morgan fingerprint density at radius 2 is 1.63 bits per heavy atom. The number of benzene rings is 2. The van der Waals surface area contributed by atoms with E-state index in [4.69, 9.17) is 9.47 Å². The number of methoxy groups -OCH3 is 1. The van der Waals surface area contributed by atoms with Gasteiger partial charge < -0.3 is 25.0 Å². The van der Waals surface area contributed by atoms with Crippen molar-refractivity contribution in [2.45, 2.75) is 64.9 Å². The molecule has 1 saturated heterocycles. The average Bonchev–Trinajstić information content (AvgIpc) is 3.32. The van der Waals surface area contributed by atoms with Crippen LogP contribution in [0.1, 0.15) is 57.1 Å². The van der Waals surface area contributed by atoms with Gasteiger partial charge in [0.1, 0.15) is 0 Å². The molecule has 2 aromatic rings. The molecule has 8 heteroatoms. The predicted octanol–water partition coefficient (Wildman–Crippen LogP) is 5.32. The molecule has 2 fully saturated rings. The fraction of sp³-hybridized carbons (Fsp3) is 0.533. The number of rotatable bonds is 9. The summed E-state index contributed by atoms with van der Waals surface area (Å²) in [5, 5.41) is 6.18. The first-order valence-corrected chi connectivity index (χ1v) is 14.0. The van der Waals surface area contributed by atoms with Crippen LogP contribution in [-0.4, -0.2) is 67.7 Å². The molecule has 1 heterocycles. The van der Waals surface area contributed by atoms with E-state index in [1.54, 1.807) is 7.11 Å². The van der Waals surface area contributed by atoms with Crippen LogP contribution in [0.5, 0.6) is 11.5 Å². The summed E-state index contributed by atoms with van der Waals surface area (Å²) in [6.07, 6.45) is 7.23. The zero-order valence-electron chi connectivity index (χ0n) is 23.1. The molecule has 1 aliphatic heterocycles. The molecule has 0 unspecified atom stereocenters. The third-order valence-corrected chi connectivity index (χ3v) is 7.52. The summed E-state index contributed by atoms with van der Waals surface area (Å²) < 4.78 is 11.6. The maximum Gasteiger partial charge on any atom is 0.321 e. The molecule has 1 saturated carbocycles. The molecule has 38 heavy (non-hydrogen) atoms. The van der Waals surface area contributed by atoms with E-state index in [9.17, 15) is 9.59 Å². The lowest BCUT2D eigenvalue weighted by Crippen LogP contribution is -2.39. The zero-order valence-corrected chi connectivity index (χ0v) is 23.1. The van der Waals surface area contributed by atoms with Crippen molar-refractivity contribution in [3.05, 3.63) is 47.5 Å². The van der Waals surface area contributed by atoms with Gasteiger partial charge in [-0.2, -0.15) is 0 Å². The van der Waals surface area contributed by atoms with E-state index < -0.39 is 0 Å². The summed E-state index contributed by atoms with van der Waals surface area (Å²) in [6, 6.07) is 11.6. The van der Waals surface area contributed by atoms with Crippen molar-refractivity contribution >= 4 is 23.3 Å². The summed E-state index contributed by atoms with van der Waals surface area (Å²) in [5.41, 5.74) is 3.96. The van der Waals surface area contributed by atoms with Crippen LogP contribution in [0.3, 0.4) is 0 Å². The number of carbonyl (C=O) groups excluding carboxylic acids is 2. The standard InChI is InChI=1S/C30H42N4O4/c1-4-22-10-8-11-23(5-2)29(22)32-28(35)21-33-16-9-17-34(19-18-33)30(36)31-24-14-15-26(37-3)27(20-24)38-25-12-6-7-13-25/h8,10-11,14-15,20,25H,4-7,9,12-13,16-19,21H2,1-3H3,(H,31,36)(H,32,35). The Morgan fingerprint density at radius 3 is 2.32 bits per heavy atom. The van der Waals surface area contributed by atoms with Crippen molar-refractivity contribution in [2.75, 3.05) is 50.5 Å². The Kier molecular flexibility index (Phi) is 9.87. The van der Waals surface area contributed by atoms with Crippen molar-refractivity contribution in [2.24, 2.45) is 0 Å². The third kappa shape index (κ3) is 7.19. The quantitative estimate of drug-likeness (QED) is 0.466. The van der Waals surface area contributed by atoms with E-state index in [-0.39, 0.29) is 18.0 Å². The van der Waals surface area contributed by atoms with E-state index >= 15 is 0 Å². The van der Waals surface area contributed by atoms with Crippen LogP contribution >= 0.6 is 0 Å². The van der Waals surface area contributed by atoms with Crippen LogP contribution in [0.2, 0.25) is 0 Å². The van der Waals surface area contributed by atoms with Gasteiger partial charge in [-0.25, -0.2) is 4.79 Å². The van der Waals surface area contributed by atoms with E-state index in [1.165, 1.54) is 12.8 Å². The highest BCUT2D eigenvalue weighted by atomic mass is 16.5. The number of nitrogens with one attached hydrogen (secondary N) is 2. The van der Waals surface area contributed by atoms with Gasteiger partial charge in [0.15, 0.2) is 11.5 Å². The van der Waals surface area contributed by atoms with Gasteiger partial charge in [-0.05, 0) is 68.2 Å². The maximum atomic E-state index is 13.1. The first-order valence-electron chi connectivity index (χ1n) is 14.0. The number of urea groups is 1.